The van der Waals surface area contributed by atoms with Crippen LogP contribution in [0.25, 0.3) is 0 Å². The third-order valence-corrected chi connectivity index (χ3v) is 7.05. The lowest BCUT2D eigenvalue weighted by atomic mass is 9.89. The van der Waals surface area contributed by atoms with Crippen molar-refractivity contribution in [3.8, 4) is 0 Å². The SMILES string of the molecule is CCC(C)(C)C(=O)NC(CNC(=O)COC1CC(CNc2ccccn2)N(C(=O)OCc2ccccc2)C1)C(=O)O. The van der Waals surface area contributed by atoms with Crippen LogP contribution in [0, 0.1) is 5.41 Å². The maximum Gasteiger partial charge on any atom is 0.410 e. The Morgan fingerprint density at radius 2 is 1.85 bits per heavy atom. The van der Waals surface area contributed by atoms with E-state index in [1.165, 1.54) is 0 Å². The molecule has 222 valence electrons. The zero-order valence-corrected chi connectivity index (χ0v) is 23.7. The molecule has 3 amide bonds. The molecule has 0 saturated carbocycles. The van der Waals surface area contributed by atoms with Crippen LogP contribution in [0.3, 0.4) is 0 Å². The molecule has 1 aromatic heterocycles. The van der Waals surface area contributed by atoms with E-state index in [0.29, 0.717) is 25.2 Å². The highest BCUT2D eigenvalue weighted by molar-refractivity contribution is 5.87. The number of ether oxygens (including phenoxy) is 2. The van der Waals surface area contributed by atoms with Gasteiger partial charge in [-0.15, -0.1) is 0 Å². The summed E-state index contributed by atoms with van der Waals surface area (Å²) >= 11 is 0. The monoisotopic (exact) mass is 569 g/mol. The van der Waals surface area contributed by atoms with Crippen LogP contribution in [0.4, 0.5) is 10.6 Å². The predicted molar refractivity (Wildman–Crippen MR) is 151 cm³/mol. The van der Waals surface area contributed by atoms with Gasteiger partial charge in [0.2, 0.25) is 11.8 Å². The van der Waals surface area contributed by atoms with E-state index in [-0.39, 0.29) is 32.3 Å². The van der Waals surface area contributed by atoms with Gasteiger partial charge in [-0.3, -0.25) is 9.59 Å². The standard InChI is InChI=1S/C29H39N5O7/c1-4-29(2,3)27(38)33-23(26(36)37)16-32-25(35)19-40-22-14-21(15-31-24-12-8-9-13-30-24)34(17-22)28(39)41-18-20-10-6-5-7-11-20/h5-13,21-23H,4,14-19H2,1-3H3,(H,30,31)(H,32,35)(H,33,38)(H,36,37). The van der Waals surface area contributed by atoms with E-state index in [2.05, 4.69) is 20.9 Å². The van der Waals surface area contributed by atoms with Gasteiger partial charge in [-0.1, -0.05) is 57.2 Å². The molecule has 3 atom stereocenters. The zero-order chi connectivity index (χ0) is 29.8. The number of hydrogen-bond acceptors (Lipinski definition) is 8. The minimum absolute atomic E-state index is 0.126. The Morgan fingerprint density at radius 3 is 2.51 bits per heavy atom. The minimum Gasteiger partial charge on any atom is -0.480 e. The molecule has 41 heavy (non-hydrogen) atoms. The summed E-state index contributed by atoms with van der Waals surface area (Å²) in [5.74, 6) is -1.53. The fourth-order valence-electron chi connectivity index (χ4n) is 4.08. The first-order valence-corrected chi connectivity index (χ1v) is 13.6. The van der Waals surface area contributed by atoms with Gasteiger partial charge in [0, 0.05) is 24.7 Å². The van der Waals surface area contributed by atoms with E-state index in [0.717, 1.165) is 5.56 Å². The number of rotatable bonds is 14. The summed E-state index contributed by atoms with van der Waals surface area (Å²) in [6.07, 6.45) is 1.71. The molecule has 2 heterocycles. The Labute approximate surface area is 239 Å². The average molecular weight is 570 g/mol. The fourth-order valence-corrected chi connectivity index (χ4v) is 4.08. The molecule has 0 bridgehead atoms. The van der Waals surface area contributed by atoms with E-state index in [4.69, 9.17) is 9.47 Å². The number of aliphatic carboxylic acids is 1. The summed E-state index contributed by atoms with van der Waals surface area (Å²) in [5.41, 5.74) is 0.126. The first kappa shape index (κ1) is 31.3. The molecule has 0 radical (unpaired) electrons. The Hall–Kier alpha value is -4.19. The number of amides is 3. The number of hydrogen-bond donors (Lipinski definition) is 4. The predicted octanol–water partition coefficient (Wildman–Crippen LogP) is 2.41. The third kappa shape index (κ3) is 9.75. The van der Waals surface area contributed by atoms with Crippen molar-refractivity contribution in [3.63, 3.8) is 0 Å². The molecular formula is C29H39N5O7. The number of nitrogens with one attached hydrogen (secondary N) is 3. The van der Waals surface area contributed by atoms with Crippen molar-refractivity contribution in [3.05, 3.63) is 60.3 Å². The zero-order valence-electron chi connectivity index (χ0n) is 23.7. The highest BCUT2D eigenvalue weighted by Gasteiger charge is 2.37. The second-order valence-electron chi connectivity index (χ2n) is 10.5. The largest absolute Gasteiger partial charge is 0.480 e. The van der Waals surface area contributed by atoms with Crippen LogP contribution in [0.5, 0.6) is 0 Å². The number of benzene rings is 1. The van der Waals surface area contributed by atoms with Crippen LogP contribution in [0.2, 0.25) is 0 Å². The van der Waals surface area contributed by atoms with Gasteiger partial charge in [0.15, 0.2) is 0 Å². The highest BCUT2D eigenvalue weighted by atomic mass is 16.6. The number of likely N-dealkylation sites (tertiary alicyclic amines) is 1. The van der Waals surface area contributed by atoms with Crippen LogP contribution < -0.4 is 16.0 Å². The van der Waals surface area contributed by atoms with Crippen LogP contribution in [-0.4, -0.2) is 83.3 Å². The molecule has 12 heteroatoms. The summed E-state index contributed by atoms with van der Waals surface area (Å²) in [6.45, 7) is 5.39. The molecule has 1 fully saturated rings. The Morgan fingerprint density at radius 1 is 1.12 bits per heavy atom. The van der Waals surface area contributed by atoms with E-state index in [9.17, 15) is 24.3 Å². The number of carboxylic acid groups (broad SMARTS) is 1. The van der Waals surface area contributed by atoms with Gasteiger partial charge in [-0.05, 0) is 30.5 Å². The van der Waals surface area contributed by atoms with Crippen LogP contribution in [0.1, 0.15) is 39.2 Å². The second kappa shape index (κ2) is 15.0. The quantitative estimate of drug-likeness (QED) is 0.268. The van der Waals surface area contributed by atoms with E-state index < -0.39 is 41.4 Å². The molecule has 2 aromatic rings. The van der Waals surface area contributed by atoms with Gasteiger partial charge in [-0.2, -0.15) is 0 Å². The van der Waals surface area contributed by atoms with Gasteiger partial charge < -0.3 is 35.4 Å². The van der Waals surface area contributed by atoms with Gasteiger partial charge >= 0.3 is 12.1 Å². The van der Waals surface area contributed by atoms with Crippen molar-refractivity contribution in [1.29, 1.82) is 0 Å². The lowest BCUT2D eigenvalue weighted by Gasteiger charge is -2.24. The van der Waals surface area contributed by atoms with Crippen molar-refractivity contribution in [2.45, 2.75) is 58.4 Å². The molecule has 4 N–H and O–H groups in total. The number of carbonyl (C=O) groups is 4. The number of anilines is 1. The van der Waals surface area contributed by atoms with Crippen LogP contribution in [0.15, 0.2) is 54.7 Å². The number of carboxylic acids is 1. The highest BCUT2D eigenvalue weighted by Crippen LogP contribution is 2.23. The first-order valence-electron chi connectivity index (χ1n) is 13.6. The molecule has 1 aliphatic rings. The summed E-state index contributed by atoms with van der Waals surface area (Å²) < 4.78 is 11.3. The number of nitrogens with zero attached hydrogens (tertiary/aromatic N) is 2. The van der Waals surface area contributed by atoms with Crippen molar-refractivity contribution in [2.75, 3.05) is 31.6 Å². The molecule has 1 aromatic carbocycles. The topological polar surface area (TPSA) is 159 Å². The lowest BCUT2D eigenvalue weighted by molar-refractivity contribution is -0.143. The third-order valence-electron chi connectivity index (χ3n) is 7.05. The maximum absolute atomic E-state index is 13.0. The Kier molecular flexibility index (Phi) is 11.5. The van der Waals surface area contributed by atoms with E-state index in [1.807, 2.05) is 55.5 Å². The summed E-state index contributed by atoms with van der Waals surface area (Å²) in [5, 5.41) is 17.7. The smallest absolute Gasteiger partial charge is 0.410 e. The fraction of sp³-hybridized carbons (Fsp3) is 0.483. The summed E-state index contributed by atoms with van der Waals surface area (Å²) in [6, 6.07) is 13.3. The molecular weight excluding hydrogens is 530 g/mol. The number of carbonyl (C=O) groups excluding carboxylic acids is 3. The van der Waals surface area contributed by atoms with E-state index >= 15 is 0 Å². The van der Waals surface area contributed by atoms with Crippen molar-refractivity contribution >= 4 is 29.7 Å². The van der Waals surface area contributed by atoms with Gasteiger partial charge in [0.1, 0.15) is 25.1 Å². The lowest BCUT2D eigenvalue weighted by Crippen LogP contribution is -2.52. The molecule has 12 nitrogen and oxygen atoms in total. The first-order chi connectivity index (χ1) is 19.6. The number of pyridine rings is 1. The number of aromatic nitrogens is 1. The molecule has 1 saturated heterocycles. The maximum atomic E-state index is 13.0. The Bertz CT molecular complexity index is 1160. The normalized spacial score (nSPS) is 17.4. The average Bonchev–Trinajstić information content (AvgIpc) is 3.39. The van der Waals surface area contributed by atoms with Crippen LogP contribution in [-0.2, 0) is 30.5 Å². The molecule has 3 rings (SSSR count). The molecule has 0 spiro atoms. The second-order valence-corrected chi connectivity index (χ2v) is 10.5. The van der Waals surface area contributed by atoms with Crippen molar-refractivity contribution in [2.24, 2.45) is 5.41 Å². The van der Waals surface area contributed by atoms with Gasteiger partial charge in [0.25, 0.3) is 0 Å². The Balaban J connectivity index is 1.53. The molecule has 1 aliphatic heterocycles. The summed E-state index contributed by atoms with van der Waals surface area (Å²) in [4.78, 5) is 55.3. The van der Waals surface area contributed by atoms with Crippen LogP contribution >= 0.6 is 0 Å². The van der Waals surface area contributed by atoms with Gasteiger partial charge in [-0.25, -0.2) is 14.6 Å². The van der Waals surface area contributed by atoms with E-state index in [1.54, 1.807) is 24.9 Å². The van der Waals surface area contributed by atoms with Crippen molar-refractivity contribution in [1.82, 2.24) is 20.5 Å². The van der Waals surface area contributed by atoms with Crippen molar-refractivity contribution < 1.29 is 33.8 Å². The summed E-state index contributed by atoms with van der Waals surface area (Å²) in [7, 11) is 0. The minimum atomic E-state index is -1.28. The van der Waals surface area contributed by atoms with Gasteiger partial charge in [0.05, 0.1) is 18.7 Å². The molecule has 3 unspecified atom stereocenters. The molecule has 0 aliphatic carbocycles.